The Labute approximate surface area is 263 Å². The van der Waals surface area contributed by atoms with Crippen LogP contribution in [0.15, 0.2) is 0 Å². The molecular weight excluding hydrogens is 494 g/mol. The molecule has 0 spiro atoms. The molecule has 0 heterocycles. The quantitative estimate of drug-likeness (QED) is 0.0677. The van der Waals surface area contributed by atoms with Crippen LogP contribution in [0.4, 0.5) is 0 Å². The van der Waals surface area contributed by atoms with Gasteiger partial charge in [-0.1, -0.05) is 207 Å². The predicted octanol–water partition coefficient (Wildman–Crippen LogP) is 14.6. The van der Waals surface area contributed by atoms with Crippen LogP contribution in [-0.4, -0.2) is 23.5 Å². The Bertz CT molecular complexity index is 445. The third kappa shape index (κ3) is 29.8. The van der Waals surface area contributed by atoms with Gasteiger partial charge in [0.05, 0.1) is 0 Å². The molecule has 41 heavy (non-hydrogen) atoms. The third-order valence-electron chi connectivity index (χ3n) is 9.81. The van der Waals surface area contributed by atoms with Crippen LogP contribution in [0.3, 0.4) is 0 Å². The maximum absolute atomic E-state index is 2.92. The van der Waals surface area contributed by atoms with Crippen LogP contribution in [0.5, 0.6) is 0 Å². The number of unbranched alkanes of at least 4 members (excludes halogenated alkanes) is 28. The van der Waals surface area contributed by atoms with Crippen molar-refractivity contribution < 1.29 is 0 Å². The molecule has 248 valence electrons. The first kappa shape index (κ1) is 41.0. The van der Waals surface area contributed by atoms with Crippen molar-refractivity contribution in [1.82, 2.24) is 4.90 Å². The molecule has 1 heteroatoms. The Morgan fingerprint density at radius 2 is 0.512 bits per heavy atom. The van der Waals surface area contributed by atoms with E-state index in [-0.39, 0.29) is 0 Å². The maximum atomic E-state index is 2.92. The normalized spacial score (nSPS) is 12.1. The van der Waals surface area contributed by atoms with Crippen molar-refractivity contribution in [3.8, 4) is 0 Å². The minimum atomic E-state index is 0.373. The summed E-state index contributed by atoms with van der Waals surface area (Å²) in [4.78, 5) is 2.92. The molecule has 0 N–H and O–H groups in total. The van der Waals surface area contributed by atoms with Crippen molar-refractivity contribution in [3.63, 3.8) is 0 Å². The highest BCUT2D eigenvalue weighted by Crippen LogP contribution is 2.25. The van der Waals surface area contributed by atoms with Gasteiger partial charge in [-0.05, 0) is 46.2 Å². The Kier molecular flexibility index (Phi) is 32.8. The van der Waals surface area contributed by atoms with Crippen molar-refractivity contribution in [2.24, 2.45) is 0 Å². The smallest absolute Gasteiger partial charge is 0.0153 e. The lowest BCUT2D eigenvalue weighted by Gasteiger charge is -2.39. The predicted molar refractivity (Wildman–Crippen MR) is 190 cm³/mol. The van der Waals surface area contributed by atoms with Crippen molar-refractivity contribution >= 4 is 0 Å². The van der Waals surface area contributed by atoms with Crippen molar-refractivity contribution in [1.29, 1.82) is 0 Å². The summed E-state index contributed by atoms with van der Waals surface area (Å²) in [7, 11) is 0. The Morgan fingerprint density at radius 3 is 0.780 bits per heavy atom. The van der Waals surface area contributed by atoms with E-state index >= 15 is 0 Å². The van der Waals surface area contributed by atoms with E-state index in [0.29, 0.717) is 5.54 Å². The summed E-state index contributed by atoms with van der Waals surface area (Å²) in [5.74, 6) is 0. The Hall–Kier alpha value is -0.0400. The summed E-state index contributed by atoms with van der Waals surface area (Å²) in [5.41, 5.74) is 0.373. The van der Waals surface area contributed by atoms with Crippen LogP contribution in [0.1, 0.15) is 240 Å². The summed E-state index contributed by atoms with van der Waals surface area (Å²) >= 11 is 0. The van der Waals surface area contributed by atoms with Crippen LogP contribution < -0.4 is 0 Å². The van der Waals surface area contributed by atoms with Crippen LogP contribution >= 0.6 is 0 Å². The fourth-order valence-corrected chi connectivity index (χ4v) is 6.68. The zero-order valence-electron chi connectivity index (χ0n) is 30.0. The molecular formula is C40H83N. The lowest BCUT2D eigenvalue weighted by molar-refractivity contribution is 0.102. The summed E-state index contributed by atoms with van der Waals surface area (Å²) in [6, 6.07) is 0. The standard InChI is InChI=1S/C40H83N/c1-6-9-12-15-18-21-24-25-28-31-34-37-40(4,5)41(38-35-32-29-26-22-19-16-13-10-7-2)39-36-33-30-27-23-20-17-14-11-8-3/h6-39H2,1-5H3. The lowest BCUT2D eigenvalue weighted by atomic mass is 9.92. The monoisotopic (exact) mass is 578 g/mol. The fourth-order valence-electron chi connectivity index (χ4n) is 6.68. The minimum Gasteiger partial charge on any atom is -0.298 e. The second-order valence-corrected chi connectivity index (χ2v) is 14.4. The van der Waals surface area contributed by atoms with E-state index in [1.807, 2.05) is 0 Å². The molecule has 0 aliphatic rings. The molecule has 0 rings (SSSR count). The molecule has 0 atom stereocenters. The Morgan fingerprint density at radius 1 is 0.293 bits per heavy atom. The van der Waals surface area contributed by atoms with Gasteiger partial charge in [-0.15, -0.1) is 0 Å². The van der Waals surface area contributed by atoms with Gasteiger partial charge in [0.1, 0.15) is 0 Å². The van der Waals surface area contributed by atoms with Crippen LogP contribution in [-0.2, 0) is 0 Å². The zero-order chi connectivity index (χ0) is 30.1. The molecule has 0 bridgehead atoms. The van der Waals surface area contributed by atoms with Gasteiger partial charge in [0.15, 0.2) is 0 Å². The molecule has 0 saturated carbocycles. The summed E-state index contributed by atoms with van der Waals surface area (Å²) < 4.78 is 0. The molecule has 0 radical (unpaired) electrons. The van der Waals surface area contributed by atoms with Gasteiger partial charge in [-0.3, -0.25) is 4.90 Å². The highest BCUT2D eigenvalue weighted by molar-refractivity contribution is 4.81. The third-order valence-corrected chi connectivity index (χ3v) is 9.81. The van der Waals surface area contributed by atoms with E-state index in [2.05, 4.69) is 39.5 Å². The van der Waals surface area contributed by atoms with Gasteiger partial charge in [-0.2, -0.15) is 0 Å². The van der Waals surface area contributed by atoms with E-state index in [4.69, 9.17) is 0 Å². The molecule has 0 aromatic rings. The van der Waals surface area contributed by atoms with Gasteiger partial charge in [-0.25, -0.2) is 0 Å². The van der Waals surface area contributed by atoms with E-state index in [0.717, 1.165) is 0 Å². The summed E-state index contributed by atoms with van der Waals surface area (Å²) in [6.45, 7) is 14.7. The van der Waals surface area contributed by atoms with Gasteiger partial charge in [0.2, 0.25) is 0 Å². The molecule has 1 nitrogen and oxygen atoms in total. The molecule has 0 unspecified atom stereocenters. The first-order valence-electron chi connectivity index (χ1n) is 19.8. The van der Waals surface area contributed by atoms with Crippen molar-refractivity contribution in [2.75, 3.05) is 13.1 Å². The van der Waals surface area contributed by atoms with E-state index < -0.39 is 0 Å². The first-order chi connectivity index (χ1) is 20.1. The number of rotatable bonds is 35. The highest BCUT2D eigenvalue weighted by atomic mass is 15.2. The molecule has 0 aliphatic heterocycles. The maximum Gasteiger partial charge on any atom is 0.0153 e. The SMILES string of the molecule is CCCCCCCCCCCCCC(C)(C)N(CCCCCCCCCCCC)CCCCCCCCCCCC. The summed E-state index contributed by atoms with van der Waals surface area (Å²) in [6.07, 6.45) is 46.2. The second kappa shape index (κ2) is 32.9. The van der Waals surface area contributed by atoms with Crippen molar-refractivity contribution in [2.45, 2.75) is 246 Å². The second-order valence-electron chi connectivity index (χ2n) is 14.4. The molecule has 0 amide bonds. The topological polar surface area (TPSA) is 3.24 Å². The van der Waals surface area contributed by atoms with Crippen LogP contribution in [0, 0.1) is 0 Å². The largest absolute Gasteiger partial charge is 0.298 e. The average Bonchev–Trinajstić information content (AvgIpc) is 2.96. The van der Waals surface area contributed by atoms with Gasteiger partial charge < -0.3 is 0 Å². The van der Waals surface area contributed by atoms with Gasteiger partial charge in [0.25, 0.3) is 0 Å². The van der Waals surface area contributed by atoms with Crippen LogP contribution in [0.25, 0.3) is 0 Å². The molecule has 0 fully saturated rings. The van der Waals surface area contributed by atoms with E-state index in [1.165, 1.54) is 219 Å². The number of nitrogens with zero attached hydrogens (tertiary/aromatic N) is 1. The number of hydrogen-bond acceptors (Lipinski definition) is 1. The molecule has 0 aliphatic carbocycles. The van der Waals surface area contributed by atoms with Gasteiger partial charge >= 0.3 is 0 Å². The first-order valence-corrected chi connectivity index (χ1v) is 19.8. The Balaban J connectivity index is 4.21. The zero-order valence-corrected chi connectivity index (χ0v) is 30.0. The fraction of sp³-hybridized carbons (Fsp3) is 1.00. The summed E-state index contributed by atoms with van der Waals surface area (Å²) in [5, 5.41) is 0. The minimum absolute atomic E-state index is 0.373. The highest BCUT2D eigenvalue weighted by Gasteiger charge is 2.25. The molecule has 0 saturated heterocycles. The molecule has 0 aromatic heterocycles. The van der Waals surface area contributed by atoms with E-state index in [9.17, 15) is 0 Å². The number of hydrogen-bond donors (Lipinski definition) is 0. The van der Waals surface area contributed by atoms with Gasteiger partial charge in [0, 0.05) is 5.54 Å². The van der Waals surface area contributed by atoms with E-state index in [1.54, 1.807) is 0 Å². The lowest BCUT2D eigenvalue weighted by Crippen LogP contribution is -2.45. The average molecular weight is 578 g/mol. The van der Waals surface area contributed by atoms with Crippen molar-refractivity contribution in [3.05, 3.63) is 0 Å². The molecule has 0 aromatic carbocycles. The van der Waals surface area contributed by atoms with Crippen LogP contribution in [0.2, 0.25) is 0 Å².